The zero-order chi connectivity index (χ0) is 17.4. The highest BCUT2D eigenvalue weighted by Crippen LogP contribution is 2.36. The zero-order valence-electron chi connectivity index (χ0n) is 14.0. The Morgan fingerprint density at radius 3 is 2.88 bits per heavy atom. The van der Waals surface area contributed by atoms with Crippen molar-refractivity contribution in [2.75, 3.05) is 0 Å². The molecule has 10 nitrogen and oxygen atoms in total. The van der Waals surface area contributed by atoms with Crippen molar-refractivity contribution in [2.24, 2.45) is 7.05 Å². The van der Waals surface area contributed by atoms with Gasteiger partial charge in [0, 0.05) is 31.4 Å². The molecular formula is C15H19N9O. The summed E-state index contributed by atoms with van der Waals surface area (Å²) in [6, 6.07) is 2.01. The summed E-state index contributed by atoms with van der Waals surface area (Å²) in [4.78, 5) is 12.1. The summed E-state index contributed by atoms with van der Waals surface area (Å²) in [6.07, 6.45) is 5.33. The summed E-state index contributed by atoms with van der Waals surface area (Å²) in [6.45, 7) is 2.34. The van der Waals surface area contributed by atoms with Crippen LogP contribution in [0.2, 0.25) is 0 Å². The Kier molecular flexibility index (Phi) is 3.79. The predicted octanol–water partition coefficient (Wildman–Crippen LogP) is 0.162. The quantitative estimate of drug-likeness (QED) is 0.682. The first kappa shape index (κ1) is 15.5. The average molecular weight is 341 g/mol. The number of amides is 1. The van der Waals surface area contributed by atoms with Gasteiger partial charge >= 0.3 is 0 Å². The van der Waals surface area contributed by atoms with E-state index in [2.05, 4.69) is 36.0 Å². The number of aromatic nitrogens is 8. The molecule has 3 heterocycles. The SMILES string of the molecule is Cc1n[nH]nc1C(=O)NC1CC(c2nnc(Cn3cccn3)n2C)C1. The van der Waals surface area contributed by atoms with Gasteiger partial charge in [-0.1, -0.05) is 0 Å². The van der Waals surface area contributed by atoms with E-state index in [1.807, 2.05) is 28.6 Å². The Labute approximate surface area is 143 Å². The van der Waals surface area contributed by atoms with E-state index in [0.29, 0.717) is 23.9 Å². The van der Waals surface area contributed by atoms with E-state index in [1.165, 1.54) is 0 Å². The monoisotopic (exact) mass is 341 g/mol. The number of aryl methyl sites for hydroxylation is 1. The van der Waals surface area contributed by atoms with E-state index in [9.17, 15) is 4.79 Å². The van der Waals surface area contributed by atoms with E-state index in [0.717, 1.165) is 24.5 Å². The van der Waals surface area contributed by atoms with Gasteiger partial charge in [-0.2, -0.15) is 20.5 Å². The molecule has 0 aliphatic heterocycles. The minimum absolute atomic E-state index is 0.125. The first-order chi connectivity index (χ1) is 12.1. The van der Waals surface area contributed by atoms with Crippen molar-refractivity contribution in [1.29, 1.82) is 0 Å². The van der Waals surface area contributed by atoms with Crippen LogP contribution in [0.4, 0.5) is 0 Å². The lowest BCUT2D eigenvalue weighted by Crippen LogP contribution is -2.44. The molecule has 2 N–H and O–H groups in total. The molecule has 0 atom stereocenters. The van der Waals surface area contributed by atoms with E-state index in [4.69, 9.17) is 0 Å². The fourth-order valence-electron chi connectivity index (χ4n) is 3.11. The summed E-state index contributed by atoms with van der Waals surface area (Å²) in [5.74, 6) is 1.93. The van der Waals surface area contributed by atoms with E-state index < -0.39 is 0 Å². The molecule has 1 amide bonds. The van der Waals surface area contributed by atoms with Gasteiger partial charge in [0.15, 0.2) is 11.5 Å². The Balaban J connectivity index is 1.35. The van der Waals surface area contributed by atoms with Crippen molar-refractivity contribution in [3.05, 3.63) is 41.5 Å². The highest BCUT2D eigenvalue weighted by molar-refractivity contribution is 5.93. The lowest BCUT2D eigenvalue weighted by molar-refractivity contribution is 0.0901. The topological polar surface area (TPSA) is 119 Å². The third kappa shape index (κ3) is 2.90. The Morgan fingerprint density at radius 1 is 1.36 bits per heavy atom. The molecular weight excluding hydrogens is 322 g/mol. The molecule has 0 aromatic carbocycles. The number of hydrogen-bond donors (Lipinski definition) is 2. The maximum Gasteiger partial charge on any atom is 0.273 e. The number of carbonyl (C=O) groups excluding carboxylic acids is 1. The molecule has 1 aliphatic rings. The molecule has 1 saturated carbocycles. The number of H-pyrrole nitrogens is 1. The predicted molar refractivity (Wildman–Crippen MR) is 86.7 cm³/mol. The van der Waals surface area contributed by atoms with Gasteiger partial charge < -0.3 is 9.88 Å². The molecule has 0 radical (unpaired) electrons. The van der Waals surface area contributed by atoms with Gasteiger partial charge in [-0.25, -0.2) is 0 Å². The van der Waals surface area contributed by atoms with Crippen LogP contribution in [0.5, 0.6) is 0 Å². The second kappa shape index (κ2) is 6.11. The van der Waals surface area contributed by atoms with E-state index in [1.54, 1.807) is 13.1 Å². The molecule has 3 aromatic heterocycles. The number of nitrogens with zero attached hydrogens (tertiary/aromatic N) is 7. The zero-order valence-corrected chi connectivity index (χ0v) is 14.0. The van der Waals surface area contributed by atoms with Crippen LogP contribution in [-0.2, 0) is 13.6 Å². The highest BCUT2D eigenvalue weighted by atomic mass is 16.2. The molecule has 0 spiro atoms. The number of nitrogens with one attached hydrogen (secondary N) is 2. The average Bonchev–Trinajstić information content (AvgIpc) is 3.27. The van der Waals surface area contributed by atoms with Gasteiger partial charge in [-0.3, -0.25) is 9.48 Å². The minimum atomic E-state index is -0.188. The molecule has 0 saturated heterocycles. The van der Waals surface area contributed by atoms with Crippen molar-refractivity contribution in [1.82, 2.24) is 45.3 Å². The van der Waals surface area contributed by atoms with Crippen molar-refractivity contribution < 1.29 is 4.79 Å². The molecule has 0 bridgehead atoms. The van der Waals surface area contributed by atoms with Crippen LogP contribution in [0.1, 0.15) is 46.6 Å². The molecule has 10 heteroatoms. The number of carbonyl (C=O) groups is 1. The fraction of sp³-hybridized carbons (Fsp3) is 0.467. The first-order valence-electron chi connectivity index (χ1n) is 8.15. The van der Waals surface area contributed by atoms with Crippen molar-refractivity contribution >= 4 is 5.91 Å². The molecule has 1 fully saturated rings. The summed E-state index contributed by atoms with van der Waals surface area (Å²) in [5.41, 5.74) is 0.952. The second-order valence-electron chi connectivity index (χ2n) is 6.33. The summed E-state index contributed by atoms with van der Waals surface area (Å²) in [7, 11) is 1.97. The molecule has 0 unspecified atom stereocenters. The largest absolute Gasteiger partial charge is 0.348 e. The standard InChI is InChI=1S/C15H19N9O/c1-9-13(20-22-18-9)15(25)17-11-6-10(7-11)14-21-19-12(23(14)2)8-24-5-3-4-16-24/h3-5,10-11H,6-8H2,1-2H3,(H,17,25)(H,18,20,22). The third-order valence-electron chi connectivity index (χ3n) is 4.64. The van der Waals surface area contributed by atoms with Crippen molar-refractivity contribution in [3.8, 4) is 0 Å². The second-order valence-corrected chi connectivity index (χ2v) is 6.33. The van der Waals surface area contributed by atoms with Gasteiger partial charge in [-0.05, 0) is 25.8 Å². The lowest BCUT2D eigenvalue weighted by atomic mass is 9.79. The first-order valence-corrected chi connectivity index (χ1v) is 8.15. The van der Waals surface area contributed by atoms with Crippen LogP contribution in [0.25, 0.3) is 0 Å². The van der Waals surface area contributed by atoms with Gasteiger partial charge in [0.1, 0.15) is 12.4 Å². The molecule has 4 rings (SSSR count). The van der Waals surface area contributed by atoms with Crippen LogP contribution < -0.4 is 5.32 Å². The van der Waals surface area contributed by atoms with E-state index >= 15 is 0 Å². The Hall–Kier alpha value is -3.04. The lowest BCUT2D eigenvalue weighted by Gasteiger charge is -2.34. The van der Waals surface area contributed by atoms with Crippen molar-refractivity contribution in [2.45, 2.75) is 38.3 Å². The molecule has 3 aromatic rings. The number of rotatable bonds is 5. The Bertz CT molecular complexity index is 873. The molecule has 25 heavy (non-hydrogen) atoms. The fourth-order valence-corrected chi connectivity index (χ4v) is 3.11. The maximum absolute atomic E-state index is 12.1. The molecule has 1 aliphatic carbocycles. The smallest absolute Gasteiger partial charge is 0.273 e. The number of aromatic amines is 1. The normalized spacial score (nSPS) is 19.6. The van der Waals surface area contributed by atoms with Crippen LogP contribution in [0, 0.1) is 6.92 Å². The van der Waals surface area contributed by atoms with E-state index in [-0.39, 0.29) is 11.9 Å². The van der Waals surface area contributed by atoms with Crippen LogP contribution in [0.15, 0.2) is 18.5 Å². The summed E-state index contributed by atoms with van der Waals surface area (Å²) >= 11 is 0. The van der Waals surface area contributed by atoms with Crippen LogP contribution in [0.3, 0.4) is 0 Å². The van der Waals surface area contributed by atoms with Gasteiger partial charge in [0.2, 0.25) is 0 Å². The van der Waals surface area contributed by atoms with Gasteiger partial charge in [-0.15, -0.1) is 10.2 Å². The van der Waals surface area contributed by atoms with Crippen LogP contribution >= 0.6 is 0 Å². The summed E-state index contributed by atoms with van der Waals surface area (Å²) < 4.78 is 3.84. The molecule has 130 valence electrons. The minimum Gasteiger partial charge on any atom is -0.348 e. The van der Waals surface area contributed by atoms with Gasteiger partial charge in [0.05, 0.1) is 5.69 Å². The van der Waals surface area contributed by atoms with Gasteiger partial charge in [0.25, 0.3) is 5.91 Å². The third-order valence-corrected chi connectivity index (χ3v) is 4.64. The maximum atomic E-state index is 12.1. The highest BCUT2D eigenvalue weighted by Gasteiger charge is 2.35. The van der Waals surface area contributed by atoms with Crippen molar-refractivity contribution in [3.63, 3.8) is 0 Å². The van der Waals surface area contributed by atoms with Crippen LogP contribution in [-0.4, -0.2) is 51.9 Å². The number of hydrogen-bond acceptors (Lipinski definition) is 6. The summed E-state index contributed by atoms with van der Waals surface area (Å²) in [5, 5.41) is 26.0. The Morgan fingerprint density at radius 2 is 2.20 bits per heavy atom.